The van der Waals surface area contributed by atoms with Crippen molar-refractivity contribution in [1.29, 1.82) is 0 Å². The van der Waals surface area contributed by atoms with E-state index in [1.54, 1.807) is 0 Å². The number of nitrogens with zero attached hydrogens (tertiary/aromatic N) is 1. The van der Waals surface area contributed by atoms with E-state index in [-0.39, 0.29) is 0 Å². The third-order valence-corrected chi connectivity index (χ3v) is 3.10. The van der Waals surface area contributed by atoms with Gasteiger partial charge in [-0.1, -0.05) is 26.0 Å². The summed E-state index contributed by atoms with van der Waals surface area (Å²) in [6.07, 6.45) is 2.46. The van der Waals surface area contributed by atoms with Crippen molar-refractivity contribution in [3.8, 4) is 0 Å². The average molecular weight is 219 g/mol. The minimum atomic E-state index is 0.556. The van der Waals surface area contributed by atoms with E-state index in [1.807, 2.05) is 0 Å². The van der Waals surface area contributed by atoms with Gasteiger partial charge in [-0.05, 0) is 50.3 Å². The number of hydrogen-bond donors (Lipinski definition) is 0. The highest BCUT2D eigenvalue weighted by Crippen LogP contribution is 2.18. The summed E-state index contributed by atoms with van der Waals surface area (Å²) in [5, 5.41) is 0. The number of aryl methyl sites for hydroxylation is 1. The molecule has 0 unspecified atom stereocenters. The van der Waals surface area contributed by atoms with Gasteiger partial charge in [0.05, 0.1) is 0 Å². The van der Waals surface area contributed by atoms with E-state index in [0.717, 1.165) is 5.92 Å². The number of anilines is 1. The summed E-state index contributed by atoms with van der Waals surface area (Å²) in [6, 6.07) is 9.48. The maximum Gasteiger partial charge on any atom is 0.0368 e. The summed E-state index contributed by atoms with van der Waals surface area (Å²) in [7, 11) is 2.16. The topological polar surface area (TPSA) is 3.24 Å². The Morgan fingerprint density at radius 3 is 2.38 bits per heavy atom. The van der Waals surface area contributed by atoms with Crippen LogP contribution in [-0.2, 0) is 6.42 Å². The molecule has 0 aliphatic carbocycles. The van der Waals surface area contributed by atoms with Crippen molar-refractivity contribution in [2.24, 2.45) is 5.92 Å². The van der Waals surface area contributed by atoms with Crippen molar-refractivity contribution in [2.75, 3.05) is 11.9 Å². The van der Waals surface area contributed by atoms with Crippen LogP contribution < -0.4 is 4.90 Å². The molecule has 0 aliphatic heterocycles. The Morgan fingerprint density at radius 2 is 1.81 bits per heavy atom. The molecule has 0 saturated carbocycles. The van der Waals surface area contributed by atoms with Crippen LogP contribution in [0.15, 0.2) is 24.3 Å². The van der Waals surface area contributed by atoms with E-state index in [0.29, 0.717) is 6.04 Å². The van der Waals surface area contributed by atoms with E-state index in [4.69, 9.17) is 0 Å². The normalized spacial score (nSPS) is 11.2. The zero-order valence-electron chi connectivity index (χ0n) is 11.3. The minimum absolute atomic E-state index is 0.556. The molecule has 0 heterocycles. The fourth-order valence-electron chi connectivity index (χ4n) is 1.68. The van der Waals surface area contributed by atoms with Gasteiger partial charge in [0.15, 0.2) is 0 Å². The minimum Gasteiger partial charge on any atom is -0.372 e. The zero-order valence-corrected chi connectivity index (χ0v) is 11.3. The van der Waals surface area contributed by atoms with Gasteiger partial charge in [0, 0.05) is 18.8 Å². The van der Waals surface area contributed by atoms with Crippen LogP contribution in [0.1, 0.15) is 39.7 Å². The van der Waals surface area contributed by atoms with Crippen molar-refractivity contribution in [1.82, 2.24) is 0 Å². The van der Waals surface area contributed by atoms with Crippen LogP contribution in [0.5, 0.6) is 0 Å². The van der Waals surface area contributed by atoms with Crippen LogP contribution >= 0.6 is 0 Å². The molecule has 0 fully saturated rings. The van der Waals surface area contributed by atoms with Crippen LogP contribution in [0, 0.1) is 5.92 Å². The van der Waals surface area contributed by atoms with Gasteiger partial charge in [0.1, 0.15) is 0 Å². The summed E-state index contributed by atoms with van der Waals surface area (Å²) in [4.78, 5) is 2.32. The van der Waals surface area contributed by atoms with E-state index >= 15 is 0 Å². The van der Waals surface area contributed by atoms with E-state index in [2.05, 4.69) is 63.9 Å². The predicted octanol–water partition coefficient (Wildman–Crippen LogP) is 4.12. The quantitative estimate of drug-likeness (QED) is 0.720. The summed E-state index contributed by atoms with van der Waals surface area (Å²) in [5.41, 5.74) is 2.79. The van der Waals surface area contributed by atoms with Gasteiger partial charge in [-0.2, -0.15) is 0 Å². The lowest BCUT2D eigenvalue weighted by Gasteiger charge is -2.24. The van der Waals surface area contributed by atoms with Crippen molar-refractivity contribution in [3.05, 3.63) is 29.8 Å². The third-order valence-electron chi connectivity index (χ3n) is 3.10. The first-order valence-corrected chi connectivity index (χ1v) is 6.32. The monoisotopic (exact) mass is 219 g/mol. The molecule has 0 spiro atoms. The lowest BCUT2D eigenvalue weighted by atomic mass is 10.0. The van der Waals surface area contributed by atoms with Crippen molar-refractivity contribution < 1.29 is 0 Å². The Hall–Kier alpha value is -0.980. The molecule has 0 amide bonds. The molecule has 1 rings (SSSR count). The predicted molar refractivity (Wildman–Crippen MR) is 73.1 cm³/mol. The van der Waals surface area contributed by atoms with Crippen LogP contribution in [0.25, 0.3) is 0 Å². The lowest BCUT2D eigenvalue weighted by Crippen LogP contribution is -2.25. The van der Waals surface area contributed by atoms with Gasteiger partial charge < -0.3 is 4.90 Å². The molecule has 1 aromatic carbocycles. The largest absolute Gasteiger partial charge is 0.372 e. The third kappa shape index (κ3) is 3.88. The zero-order chi connectivity index (χ0) is 12.1. The molecule has 1 aromatic rings. The second-order valence-corrected chi connectivity index (χ2v) is 5.31. The average Bonchev–Trinajstić information content (AvgIpc) is 2.25. The van der Waals surface area contributed by atoms with Gasteiger partial charge in [0.2, 0.25) is 0 Å². The second kappa shape index (κ2) is 5.93. The first-order valence-electron chi connectivity index (χ1n) is 6.32. The highest BCUT2D eigenvalue weighted by molar-refractivity contribution is 5.48. The maximum absolute atomic E-state index is 2.32. The molecule has 0 saturated heterocycles. The molecular formula is C15H25N. The van der Waals surface area contributed by atoms with E-state index in [9.17, 15) is 0 Å². The molecule has 0 radical (unpaired) electrons. The lowest BCUT2D eigenvalue weighted by molar-refractivity contribution is 0.586. The summed E-state index contributed by atoms with van der Waals surface area (Å²) in [5.74, 6) is 0.784. The molecule has 16 heavy (non-hydrogen) atoms. The Labute approximate surface area is 100 Å². The standard InChI is InChI=1S/C15H25N/c1-12(2)9-10-14-7-6-8-15(11-14)16(5)13(3)4/h6-8,11-13H,9-10H2,1-5H3. The number of benzene rings is 1. The first kappa shape index (κ1) is 13.1. The molecule has 0 bridgehead atoms. The SMILES string of the molecule is CC(C)CCc1cccc(N(C)C(C)C)c1. The molecule has 1 heteroatoms. The van der Waals surface area contributed by atoms with Crippen molar-refractivity contribution in [3.63, 3.8) is 0 Å². The van der Waals surface area contributed by atoms with Crippen molar-refractivity contribution in [2.45, 2.75) is 46.6 Å². The molecule has 0 atom stereocenters. The van der Waals surface area contributed by atoms with E-state index < -0.39 is 0 Å². The second-order valence-electron chi connectivity index (χ2n) is 5.31. The van der Waals surface area contributed by atoms with Crippen LogP contribution in [0.2, 0.25) is 0 Å². The maximum atomic E-state index is 2.32. The summed E-state index contributed by atoms with van der Waals surface area (Å²) < 4.78 is 0. The molecule has 0 N–H and O–H groups in total. The van der Waals surface area contributed by atoms with Crippen LogP contribution in [0.4, 0.5) is 5.69 Å². The van der Waals surface area contributed by atoms with Gasteiger partial charge in [0.25, 0.3) is 0 Å². The summed E-state index contributed by atoms with van der Waals surface area (Å²) >= 11 is 0. The first-order chi connectivity index (χ1) is 7.50. The van der Waals surface area contributed by atoms with E-state index in [1.165, 1.54) is 24.1 Å². The molecule has 0 aromatic heterocycles. The molecule has 0 aliphatic rings. The van der Waals surface area contributed by atoms with Gasteiger partial charge in [-0.3, -0.25) is 0 Å². The molecule has 90 valence electrons. The smallest absolute Gasteiger partial charge is 0.0368 e. The van der Waals surface area contributed by atoms with Crippen molar-refractivity contribution >= 4 is 5.69 Å². The fourth-order valence-corrected chi connectivity index (χ4v) is 1.68. The Balaban J connectivity index is 2.71. The molecule has 1 nitrogen and oxygen atoms in total. The highest BCUT2D eigenvalue weighted by atomic mass is 15.1. The Morgan fingerprint density at radius 1 is 1.12 bits per heavy atom. The number of hydrogen-bond acceptors (Lipinski definition) is 1. The van der Waals surface area contributed by atoms with Gasteiger partial charge >= 0.3 is 0 Å². The Bertz CT molecular complexity index is 315. The summed E-state index contributed by atoms with van der Waals surface area (Å²) in [6.45, 7) is 9.01. The van der Waals surface area contributed by atoms with Crippen LogP contribution in [0.3, 0.4) is 0 Å². The number of rotatable bonds is 5. The van der Waals surface area contributed by atoms with Gasteiger partial charge in [-0.25, -0.2) is 0 Å². The highest BCUT2D eigenvalue weighted by Gasteiger charge is 2.05. The van der Waals surface area contributed by atoms with Gasteiger partial charge in [-0.15, -0.1) is 0 Å². The fraction of sp³-hybridized carbons (Fsp3) is 0.600. The molecular weight excluding hydrogens is 194 g/mol. The Kier molecular flexibility index (Phi) is 4.85. The van der Waals surface area contributed by atoms with Crippen LogP contribution in [-0.4, -0.2) is 13.1 Å².